The van der Waals surface area contributed by atoms with E-state index < -0.39 is 0 Å². The molecule has 2 bridgehead atoms. The fourth-order valence-corrected chi connectivity index (χ4v) is 3.91. The highest BCUT2D eigenvalue weighted by Crippen LogP contribution is 2.58. The van der Waals surface area contributed by atoms with Crippen LogP contribution in [-0.2, 0) is 0 Å². The van der Waals surface area contributed by atoms with Crippen LogP contribution in [0.15, 0.2) is 34.9 Å². The van der Waals surface area contributed by atoms with Gasteiger partial charge in [0.25, 0.3) is 0 Å². The molecule has 3 nitrogen and oxygen atoms in total. The lowest BCUT2D eigenvalue weighted by atomic mass is 9.49. The Balaban J connectivity index is 1.57. The molecule has 0 spiro atoms. The van der Waals surface area contributed by atoms with Gasteiger partial charge in [-0.2, -0.15) is 5.10 Å². The van der Waals surface area contributed by atoms with Crippen molar-refractivity contribution >= 4 is 29.2 Å². The summed E-state index contributed by atoms with van der Waals surface area (Å²) in [5.41, 5.74) is 8.19. The van der Waals surface area contributed by atoms with Crippen LogP contribution in [0.4, 0.5) is 5.69 Å². The lowest BCUT2D eigenvalue weighted by Crippen LogP contribution is -2.48. The molecule has 23 heavy (non-hydrogen) atoms. The molecule has 0 unspecified atom stereocenters. The van der Waals surface area contributed by atoms with E-state index in [9.17, 15) is 0 Å². The quantitative estimate of drug-likeness (QED) is 0.485. The second-order valence-electron chi connectivity index (χ2n) is 7.32. The fourth-order valence-electron chi connectivity index (χ4n) is 3.75. The Morgan fingerprint density at radius 3 is 2.83 bits per heavy atom. The zero-order valence-corrected chi connectivity index (χ0v) is 15.1. The van der Waals surface area contributed by atoms with E-state index in [0.29, 0.717) is 16.4 Å². The summed E-state index contributed by atoms with van der Waals surface area (Å²) in [6, 6.07) is 6.15. The molecule has 0 radical (unpaired) electrons. The SMILES string of the molecule is Cc1cccc(NC(=S)N/N=C\C2=CC[C@@H]3C[C@H]2C3(C)C)c1C. The fraction of sp³-hybridized carbons (Fsp3) is 0.474. The largest absolute Gasteiger partial charge is 0.331 e. The standard InChI is InChI=1S/C19H25N3S/c1-12-6-5-7-17(13(12)2)21-18(23)22-20-11-14-8-9-15-10-16(14)19(15,3)4/h5-8,11,15-16H,9-10H2,1-4H3,(H2,21,22,23)/b20-11-/t15-,16-/m1/s1. The lowest BCUT2D eigenvalue weighted by Gasteiger charge is -2.55. The van der Waals surface area contributed by atoms with E-state index in [1.165, 1.54) is 29.5 Å². The third-order valence-corrected chi connectivity index (χ3v) is 5.94. The molecule has 1 saturated carbocycles. The van der Waals surface area contributed by atoms with Crippen molar-refractivity contribution in [2.24, 2.45) is 22.4 Å². The molecule has 0 aliphatic heterocycles. The van der Waals surface area contributed by atoms with Crippen LogP contribution in [0.5, 0.6) is 0 Å². The van der Waals surface area contributed by atoms with Crippen LogP contribution >= 0.6 is 12.2 Å². The van der Waals surface area contributed by atoms with Gasteiger partial charge in [0.15, 0.2) is 5.11 Å². The molecule has 0 heterocycles. The molecule has 4 rings (SSSR count). The van der Waals surface area contributed by atoms with Crippen molar-refractivity contribution < 1.29 is 0 Å². The second-order valence-corrected chi connectivity index (χ2v) is 7.73. The van der Waals surface area contributed by atoms with Crippen molar-refractivity contribution in [3.8, 4) is 0 Å². The Labute approximate surface area is 144 Å². The first-order valence-electron chi connectivity index (χ1n) is 8.26. The molecule has 3 aliphatic carbocycles. The van der Waals surface area contributed by atoms with Gasteiger partial charge < -0.3 is 5.32 Å². The Kier molecular flexibility index (Phi) is 4.28. The summed E-state index contributed by atoms with van der Waals surface area (Å²) in [5, 5.41) is 8.08. The summed E-state index contributed by atoms with van der Waals surface area (Å²) in [6.45, 7) is 8.92. The number of hydrazone groups is 1. The van der Waals surface area contributed by atoms with Crippen molar-refractivity contribution in [3.05, 3.63) is 41.0 Å². The average molecular weight is 327 g/mol. The predicted molar refractivity (Wildman–Crippen MR) is 102 cm³/mol. The number of aryl methyl sites for hydroxylation is 1. The van der Waals surface area contributed by atoms with Crippen LogP contribution in [0.1, 0.15) is 37.8 Å². The Morgan fingerprint density at radius 1 is 1.35 bits per heavy atom. The molecular formula is C19H25N3S. The number of benzene rings is 1. The molecule has 122 valence electrons. The number of hydrogen-bond donors (Lipinski definition) is 2. The van der Waals surface area contributed by atoms with Gasteiger partial charge in [-0.15, -0.1) is 0 Å². The molecule has 3 aliphatic rings. The van der Waals surface area contributed by atoms with E-state index in [-0.39, 0.29) is 0 Å². The van der Waals surface area contributed by atoms with E-state index in [2.05, 4.69) is 55.7 Å². The third-order valence-electron chi connectivity index (χ3n) is 5.74. The average Bonchev–Trinajstić information content (AvgIpc) is 2.52. The number of anilines is 1. The number of nitrogens with zero attached hydrogens (tertiary/aromatic N) is 1. The van der Waals surface area contributed by atoms with Crippen LogP contribution in [0.25, 0.3) is 0 Å². The minimum absolute atomic E-state index is 0.424. The monoisotopic (exact) mass is 327 g/mol. The number of hydrogen-bond acceptors (Lipinski definition) is 2. The van der Waals surface area contributed by atoms with Gasteiger partial charge in [-0.05, 0) is 78.9 Å². The summed E-state index contributed by atoms with van der Waals surface area (Å²) in [6.07, 6.45) is 6.75. The number of thiocarbonyl (C=S) groups is 1. The maximum Gasteiger partial charge on any atom is 0.191 e. The lowest BCUT2D eigenvalue weighted by molar-refractivity contribution is -0.00126. The molecule has 2 atom stereocenters. The van der Waals surface area contributed by atoms with Crippen LogP contribution in [0, 0.1) is 31.1 Å². The Hall–Kier alpha value is -1.68. The molecule has 1 aromatic rings. The molecule has 1 aromatic carbocycles. The number of rotatable bonds is 3. The summed E-state index contributed by atoms with van der Waals surface area (Å²) in [7, 11) is 0. The molecule has 2 N–H and O–H groups in total. The van der Waals surface area contributed by atoms with Crippen molar-refractivity contribution in [2.75, 3.05) is 5.32 Å². The zero-order valence-electron chi connectivity index (χ0n) is 14.3. The summed E-state index contributed by atoms with van der Waals surface area (Å²) in [5.74, 6) is 1.50. The molecule has 0 aromatic heterocycles. The van der Waals surface area contributed by atoms with E-state index >= 15 is 0 Å². The maximum absolute atomic E-state index is 5.33. The van der Waals surface area contributed by atoms with Crippen LogP contribution < -0.4 is 10.7 Å². The van der Waals surface area contributed by atoms with Crippen LogP contribution in [-0.4, -0.2) is 11.3 Å². The van der Waals surface area contributed by atoms with Crippen LogP contribution in [0.3, 0.4) is 0 Å². The topological polar surface area (TPSA) is 36.4 Å². The predicted octanol–water partition coefficient (Wildman–Crippen LogP) is 4.57. The van der Waals surface area contributed by atoms with Gasteiger partial charge in [-0.1, -0.05) is 32.1 Å². The smallest absolute Gasteiger partial charge is 0.191 e. The van der Waals surface area contributed by atoms with Crippen molar-refractivity contribution in [1.82, 2.24) is 5.43 Å². The summed E-state index contributed by atoms with van der Waals surface area (Å²) >= 11 is 5.33. The Morgan fingerprint density at radius 2 is 2.13 bits per heavy atom. The Bertz CT molecular complexity index is 688. The molecule has 0 amide bonds. The van der Waals surface area contributed by atoms with Crippen molar-refractivity contribution in [3.63, 3.8) is 0 Å². The third kappa shape index (κ3) is 3.05. The molecule has 4 heteroatoms. The highest BCUT2D eigenvalue weighted by molar-refractivity contribution is 7.80. The first-order chi connectivity index (χ1) is 10.9. The number of fused-ring (bicyclic) bond motifs is 1. The van der Waals surface area contributed by atoms with Gasteiger partial charge in [-0.3, -0.25) is 5.43 Å². The van der Waals surface area contributed by atoms with Gasteiger partial charge in [0.2, 0.25) is 0 Å². The molecule has 1 fully saturated rings. The molecular weight excluding hydrogens is 302 g/mol. The number of nitrogens with one attached hydrogen (secondary N) is 2. The highest BCUT2D eigenvalue weighted by atomic mass is 32.1. The van der Waals surface area contributed by atoms with Gasteiger partial charge in [-0.25, -0.2) is 0 Å². The number of allylic oxidation sites excluding steroid dienone is 2. The van der Waals surface area contributed by atoms with E-state index in [1.54, 1.807) is 0 Å². The van der Waals surface area contributed by atoms with Crippen molar-refractivity contribution in [2.45, 2.75) is 40.5 Å². The van der Waals surface area contributed by atoms with Crippen molar-refractivity contribution in [1.29, 1.82) is 0 Å². The van der Waals surface area contributed by atoms with Gasteiger partial charge in [0, 0.05) is 5.69 Å². The van der Waals surface area contributed by atoms with Gasteiger partial charge >= 0.3 is 0 Å². The second kappa shape index (κ2) is 6.08. The van der Waals surface area contributed by atoms with E-state index in [1.807, 2.05) is 18.3 Å². The first kappa shape index (κ1) is 16.2. The summed E-state index contributed by atoms with van der Waals surface area (Å²) < 4.78 is 0. The zero-order chi connectivity index (χ0) is 16.6. The maximum atomic E-state index is 5.33. The van der Waals surface area contributed by atoms with Gasteiger partial charge in [0.05, 0.1) is 6.21 Å². The normalized spacial score (nSPS) is 24.8. The van der Waals surface area contributed by atoms with E-state index in [0.717, 1.165) is 11.6 Å². The summed E-state index contributed by atoms with van der Waals surface area (Å²) in [4.78, 5) is 0. The minimum Gasteiger partial charge on any atom is -0.331 e. The van der Waals surface area contributed by atoms with Crippen LogP contribution in [0.2, 0.25) is 0 Å². The molecule has 0 saturated heterocycles. The van der Waals surface area contributed by atoms with E-state index in [4.69, 9.17) is 12.2 Å². The minimum atomic E-state index is 0.424. The first-order valence-corrected chi connectivity index (χ1v) is 8.66. The highest BCUT2D eigenvalue weighted by Gasteiger charge is 2.50. The van der Waals surface area contributed by atoms with Gasteiger partial charge in [0.1, 0.15) is 0 Å².